The fraction of sp³-hybridized carbons (Fsp3) is 0.417. The number of nitrogens with one attached hydrogen (secondary N) is 2. The van der Waals surface area contributed by atoms with Gasteiger partial charge in [-0.15, -0.1) is 12.4 Å². The number of methoxy groups -OCH3 is 1. The lowest BCUT2D eigenvalue weighted by atomic mass is 10.2. The number of hydrogen-bond acceptors (Lipinski definition) is 3. The van der Waals surface area contributed by atoms with E-state index in [2.05, 4.69) is 10.6 Å². The molecule has 0 aliphatic carbocycles. The lowest BCUT2D eigenvalue weighted by molar-refractivity contribution is 0.0940. The summed E-state index contributed by atoms with van der Waals surface area (Å²) in [5.41, 5.74) is 0.674. The molecule has 4 nitrogen and oxygen atoms in total. The molecule has 1 fully saturated rings. The Morgan fingerprint density at radius 1 is 1.41 bits per heavy atom. The standard InChI is InChI=1S/C12H16N2O2.ClH/c1-16-11-4-2-9(3-5-11)12(15)14-10-6-7-13-8-10;/h2-5,10,13H,6-8H2,1H3,(H,14,15);1H. The average Bonchev–Trinajstić information content (AvgIpc) is 2.82. The van der Waals surface area contributed by atoms with Crippen LogP contribution in [0.25, 0.3) is 0 Å². The summed E-state index contributed by atoms with van der Waals surface area (Å²) >= 11 is 0. The molecule has 1 aliphatic rings. The van der Waals surface area contributed by atoms with Gasteiger partial charge >= 0.3 is 0 Å². The highest BCUT2D eigenvalue weighted by atomic mass is 35.5. The van der Waals surface area contributed by atoms with Crippen molar-refractivity contribution in [3.8, 4) is 5.75 Å². The zero-order valence-electron chi connectivity index (χ0n) is 9.73. The summed E-state index contributed by atoms with van der Waals surface area (Å²) in [6.07, 6.45) is 1.00. The highest BCUT2D eigenvalue weighted by Gasteiger charge is 2.17. The van der Waals surface area contributed by atoms with Crippen LogP contribution in [-0.4, -0.2) is 32.1 Å². The molecular formula is C12H17ClN2O2. The van der Waals surface area contributed by atoms with Gasteiger partial charge in [0.25, 0.3) is 5.91 Å². The normalized spacial score (nSPS) is 18.3. The van der Waals surface area contributed by atoms with Crippen LogP contribution in [0.4, 0.5) is 0 Å². The van der Waals surface area contributed by atoms with Crippen LogP contribution in [0.2, 0.25) is 0 Å². The molecule has 1 aromatic carbocycles. The van der Waals surface area contributed by atoms with E-state index in [1.807, 2.05) is 0 Å². The fourth-order valence-electron chi connectivity index (χ4n) is 1.79. The highest BCUT2D eigenvalue weighted by molar-refractivity contribution is 5.94. The van der Waals surface area contributed by atoms with Crippen LogP contribution in [0.15, 0.2) is 24.3 Å². The molecule has 17 heavy (non-hydrogen) atoms. The number of carbonyl (C=O) groups is 1. The molecule has 0 aromatic heterocycles. The van der Waals surface area contributed by atoms with Crippen LogP contribution in [0.5, 0.6) is 5.75 Å². The van der Waals surface area contributed by atoms with Gasteiger partial charge in [0, 0.05) is 18.2 Å². The SMILES string of the molecule is COc1ccc(C(=O)NC2CCNC2)cc1.Cl. The van der Waals surface area contributed by atoms with E-state index in [1.54, 1.807) is 31.4 Å². The highest BCUT2D eigenvalue weighted by Crippen LogP contribution is 2.11. The predicted molar refractivity (Wildman–Crippen MR) is 69.0 cm³/mol. The maximum absolute atomic E-state index is 11.8. The van der Waals surface area contributed by atoms with Gasteiger partial charge in [0.05, 0.1) is 7.11 Å². The zero-order valence-corrected chi connectivity index (χ0v) is 10.5. The Bertz CT molecular complexity index is 361. The van der Waals surface area contributed by atoms with Crippen molar-refractivity contribution >= 4 is 18.3 Å². The molecule has 94 valence electrons. The average molecular weight is 257 g/mol. The first kappa shape index (κ1) is 13.8. The summed E-state index contributed by atoms with van der Waals surface area (Å²) in [6, 6.07) is 7.39. The number of amides is 1. The first-order valence-electron chi connectivity index (χ1n) is 5.45. The summed E-state index contributed by atoms with van der Waals surface area (Å²) < 4.78 is 5.04. The summed E-state index contributed by atoms with van der Waals surface area (Å²) in [4.78, 5) is 11.8. The minimum absolute atomic E-state index is 0. The van der Waals surface area contributed by atoms with Crippen molar-refractivity contribution in [2.45, 2.75) is 12.5 Å². The van der Waals surface area contributed by atoms with Crippen molar-refractivity contribution < 1.29 is 9.53 Å². The second-order valence-electron chi connectivity index (χ2n) is 3.89. The van der Waals surface area contributed by atoms with Gasteiger partial charge < -0.3 is 15.4 Å². The molecule has 1 atom stereocenters. The second-order valence-corrected chi connectivity index (χ2v) is 3.89. The third-order valence-corrected chi connectivity index (χ3v) is 2.75. The van der Waals surface area contributed by atoms with Crippen LogP contribution in [0, 0.1) is 0 Å². The third kappa shape index (κ3) is 3.61. The van der Waals surface area contributed by atoms with Crippen LogP contribution < -0.4 is 15.4 Å². The van der Waals surface area contributed by atoms with E-state index in [4.69, 9.17) is 4.74 Å². The van der Waals surface area contributed by atoms with Crippen molar-refractivity contribution in [3.05, 3.63) is 29.8 Å². The molecular weight excluding hydrogens is 240 g/mol. The monoisotopic (exact) mass is 256 g/mol. The van der Waals surface area contributed by atoms with Gasteiger partial charge in [-0.3, -0.25) is 4.79 Å². The number of benzene rings is 1. The lowest BCUT2D eigenvalue weighted by Crippen LogP contribution is -2.36. The van der Waals surface area contributed by atoms with Gasteiger partial charge in [-0.2, -0.15) is 0 Å². The molecule has 1 amide bonds. The van der Waals surface area contributed by atoms with E-state index in [9.17, 15) is 4.79 Å². The van der Waals surface area contributed by atoms with E-state index in [-0.39, 0.29) is 24.4 Å². The minimum atomic E-state index is -0.0173. The Kier molecular flexibility index (Phi) is 5.25. The van der Waals surface area contributed by atoms with E-state index < -0.39 is 0 Å². The van der Waals surface area contributed by atoms with E-state index in [0.29, 0.717) is 5.56 Å². The third-order valence-electron chi connectivity index (χ3n) is 2.75. The molecule has 5 heteroatoms. The van der Waals surface area contributed by atoms with Crippen molar-refractivity contribution in [1.29, 1.82) is 0 Å². The molecule has 2 rings (SSSR count). The van der Waals surface area contributed by atoms with Crippen LogP contribution >= 0.6 is 12.4 Å². The number of rotatable bonds is 3. The summed E-state index contributed by atoms with van der Waals surface area (Å²) in [6.45, 7) is 1.84. The first-order chi connectivity index (χ1) is 7.79. The Morgan fingerprint density at radius 2 is 2.12 bits per heavy atom. The summed E-state index contributed by atoms with van der Waals surface area (Å²) in [5, 5.41) is 6.20. The Morgan fingerprint density at radius 3 is 2.65 bits per heavy atom. The molecule has 2 N–H and O–H groups in total. The zero-order chi connectivity index (χ0) is 11.4. The van der Waals surface area contributed by atoms with Gasteiger partial charge in [-0.1, -0.05) is 0 Å². The van der Waals surface area contributed by atoms with Crippen molar-refractivity contribution in [2.75, 3.05) is 20.2 Å². The molecule has 0 radical (unpaired) electrons. The predicted octanol–water partition coefficient (Wildman–Crippen LogP) is 1.21. The van der Waals surface area contributed by atoms with Crippen molar-refractivity contribution in [3.63, 3.8) is 0 Å². The van der Waals surface area contributed by atoms with Gasteiger partial charge in [-0.25, -0.2) is 0 Å². The first-order valence-corrected chi connectivity index (χ1v) is 5.45. The number of hydrogen-bond donors (Lipinski definition) is 2. The quantitative estimate of drug-likeness (QED) is 0.855. The summed E-state index contributed by atoms with van der Waals surface area (Å²) in [5.74, 6) is 0.746. The molecule has 1 aliphatic heterocycles. The van der Waals surface area contributed by atoms with E-state index >= 15 is 0 Å². The number of carbonyl (C=O) groups excluding carboxylic acids is 1. The summed E-state index contributed by atoms with van der Waals surface area (Å²) in [7, 11) is 1.61. The van der Waals surface area contributed by atoms with Gasteiger partial charge in [0.15, 0.2) is 0 Å². The van der Waals surface area contributed by atoms with E-state index in [0.717, 1.165) is 25.3 Å². The Balaban J connectivity index is 0.00000144. The maximum atomic E-state index is 11.8. The fourth-order valence-corrected chi connectivity index (χ4v) is 1.79. The van der Waals surface area contributed by atoms with Crippen molar-refractivity contribution in [2.24, 2.45) is 0 Å². The molecule has 0 bridgehead atoms. The maximum Gasteiger partial charge on any atom is 0.251 e. The topological polar surface area (TPSA) is 50.4 Å². The largest absolute Gasteiger partial charge is 0.497 e. The minimum Gasteiger partial charge on any atom is -0.497 e. The van der Waals surface area contributed by atoms with Crippen molar-refractivity contribution in [1.82, 2.24) is 10.6 Å². The molecule has 0 spiro atoms. The smallest absolute Gasteiger partial charge is 0.251 e. The van der Waals surface area contributed by atoms with Gasteiger partial charge in [0.1, 0.15) is 5.75 Å². The molecule has 1 saturated heterocycles. The second kappa shape index (κ2) is 6.47. The molecule has 1 aromatic rings. The molecule has 0 saturated carbocycles. The molecule has 1 heterocycles. The van der Waals surface area contributed by atoms with Gasteiger partial charge in [-0.05, 0) is 37.2 Å². The van der Waals surface area contributed by atoms with Gasteiger partial charge in [0.2, 0.25) is 0 Å². The number of ether oxygens (including phenoxy) is 1. The Labute approximate surface area is 107 Å². The lowest BCUT2D eigenvalue weighted by Gasteiger charge is -2.11. The van der Waals surface area contributed by atoms with E-state index in [1.165, 1.54) is 0 Å². The molecule has 1 unspecified atom stereocenters. The van der Waals surface area contributed by atoms with Crippen LogP contribution in [-0.2, 0) is 0 Å². The number of halogens is 1. The Hall–Kier alpha value is -1.26. The van der Waals surface area contributed by atoms with Crippen LogP contribution in [0.3, 0.4) is 0 Å². The van der Waals surface area contributed by atoms with Crippen LogP contribution in [0.1, 0.15) is 16.8 Å².